The standard InChI is InChI=1S/C22H15B3ClF2N3O4/c23-13-7-11-12(8-31(20(11)34)14-5-6-15(32)29-19(14)33)17(24)16(13)18(25)30-21(35)22(27,28)9-1-3-10(26)4-2-9/h1-4,7,14,18H,5-6,8H2,(H,30,35)(H,29,32,33). The van der Waals surface area contributed by atoms with Crippen molar-refractivity contribution in [2.24, 2.45) is 0 Å². The van der Waals surface area contributed by atoms with Crippen LogP contribution in [0.4, 0.5) is 8.78 Å². The van der Waals surface area contributed by atoms with Gasteiger partial charge in [0.2, 0.25) is 11.8 Å². The Morgan fingerprint density at radius 2 is 1.86 bits per heavy atom. The Morgan fingerprint density at radius 3 is 2.49 bits per heavy atom. The number of piperidine rings is 1. The van der Waals surface area contributed by atoms with Gasteiger partial charge in [-0.05, 0) is 29.7 Å². The number of amides is 4. The maximum absolute atomic E-state index is 14.7. The molecule has 1 saturated heterocycles. The third kappa shape index (κ3) is 4.47. The van der Waals surface area contributed by atoms with Crippen LogP contribution in [0.2, 0.25) is 5.02 Å². The molecule has 7 nitrogen and oxygen atoms in total. The minimum Gasteiger partial charge on any atom is -0.352 e. The summed E-state index contributed by atoms with van der Waals surface area (Å²) in [6.07, 6.45) is 0.208. The van der Waals surface area contributed by atoms with E-state index >= 15 is 0 Å². The fourth-order valence-corrected chi connectivity index (χ4v) is 4.34. The Kier molecular flexibility index (Phi) is 6.53. The quantitative estimate of drug-likeness (QED) is 0.446. The van der Waals surface area contributed by atoms with E-state index in [4.69, 9.17) is 35.1 Å². The molecule has 0 aromatic heterocycles. The lowest BCUT2D eigenvalue weighted by Crippen LogP contribution is -2.52. The van der Waals surface area contributed by atoms with E-state index in [1.165, 1.54) is 23.1 Å². The van der Waals surface area contributed by atoms with Gasteiger partial charge in [-0.2, -0.15) is 8.78 Å². The van der Waals surface area contributed by atoms with Crippen LogP contribution in [0.1, 0.15) is 45.8 Å². The van der Waals surface area contributed by atoms with Gasteiger partial charge in [0.15, 0.2) is 0 Å². The van der Waals surface area contributed by atoms with Gasteiger partial charge < -0.3 is 10.2 Å². The normalized spacial score (nSPS) is 18.8. The topological polar surface area (TPSA) is 95.6 Å². The van der Waals surface area contributed by atoms with E-state index in [1.54, 1.807) is 0 Å². The summed E-state index contributed by atoms with van der Waals surface area (Å²) in [6, 6.07) is 4.86. The molecule has 1 fully saturated rings. The number of carbonyl (C=O) groups excluding carboxylic acids is 4. The molecule has 4 rings (SSSR count). The smallest absolute Gasteiger partial charge is 0.349 e. The van der Waals surface area contributed by atoms with Crippen molar-refractivity contribution in [3.63, 3.8) is 0 Å². The van der Waals surface area contributed by atoms with Gasteiger partial charge in [0, 0.05) is 35.1 Å². The summed E-state index contributed by atoms with van der Waals surface area (Å²) in [7, 11) is 18.2. The van der Waals surface area contributed by atoms with E-state index in [0.29, 0.717) is 0 Å². The molecule has 0 bridgehead atoms. The van der Waals surface area contributed by atoms with E-state index < -0.39 is 47.1 Å². The van der Waals surface area contributed by atoms with E-state index in [9.17, 15) is 28.0 Å². The molecule has 2 aliphatic heterocycles. The molecule has 4 amide bonds. The van der Waals surface area contributed by atoms with Gasteiger partial charge in [0.05, 0.1) is 0 Å². The molecule has 2 unspecified atom stereocenters. The lowest BCUT2D eigenvalue weighted by molar-refractivity contribution is -0.147. The second-order valence-electron chi connectivity index (χ2n) is 8.25. The minimum atomic E-state index is -3.93. The Hall–Kier alpha value is -3.14. The van der Waals surface area contributed by atoms with E-state index in [0.717, 1.165) is 12.1 Å². The van der Waals surface area contributed by atoms with Gasteiger partial charge in [-0.15, -0.1) is 0 Å². The lowest BCUT2D eigenvalue weighted by atomic mass is 9.70. The molecule has 2 N–H and O–H groups in total. The van der Waals surface area contributed by atoms with Crippen molar-refractivity contribution in [1.82, 2.24) is 15.5 Å². The SMILES string of the molecule is [B]c1cc2c(c([B])c1C([B])NC(=O)C(F)(F)c1ccc(Cl)cc1)CN(C1CCC(=O)NC1=O)C2=O. The molecule has 2 heterocycles. The van der Waals surface area contributed by atoms with Crippen LogP contribution in [0, 0.1) is 0 Å². The van der Waals surface area contributed by atoms with Crippen LogP contribution < -0.4 is 21.6 Å². The van der Waals surface area contributed by atoms with Crippen LogP contribution in [-0.2, 0) is 26.9 Å². The fraction of sp³-hybridized carbons (Fsp3) is 0.273. The molecule has 0 spiro atoms. The molecule has 2 atom stereocenters. The highest BCUT2D eigenvalue weighted by Gasteiger charge is 2.43. The van der Waals surface area contributed by atoms with Crippen molar-refractivity contribution < 1.29 is 28.0 Å². The third-order valence-corrected chi connectivity index (χ3v) is 6.30. The first kappa shape index (κ1) is 25.0. The van der Waals surface area contributed by atoms with Gasteiger partial charge >= 0.3 is 5.92 Å². The Balaban J connectivity index is 1.58. The molecule has 2 aromatic rings. The average molecular weight is 491 g/mol. The number of fused-ring (bicyclic) bond motifs is 1. The summed E-state index contributed by atoms with van der Waals surface area (Å²) < 4.78 is 29.3. The number of rotatable bonds is 5. The van der Waals surface area contributed by atoms with Gasteiger partial charge in [0.25, 0.3) is 11.8 Å². The van der Waals surface area contributed by atoms with Crippen LogP contribution >= 0.6 is 11.6 Å². The molecular weight excluding hydrogens is 476 g/mol. The van der Waals surface area contributed by atoms with Crippen molar-refractivity contribution in [1.29, 1.82) is 0 Å². The zero-order valence-corrected chi connectivity index (χ0v) is 18.9. The highest BCUT2D eigenvalue weighted by molar-refractivity contribution is 6.43. The lowest BCUT2D eigenvalue weighted by Gasteiger charge is -2.29. The van der Waals surface area contributed by atoms with Crippen molar-refractivity contribution in [3.05, 3.63) is 57.6 Å². The maximum Gasteiger partial charge on any atom is 0.349 e. The molecule has 2 aliphatic rings. The molecule has 35 heavy (non-hydrogen) atoms. The van der Waals surface area contributed by atoms with Gasteiger partial charge in [-0.1, -0.05) is 40.7 Å². The molecular formula is C22H15B3ClF2N3O4. The number of alkyl halides is 2. The summed E-state index contributed by atoms with van der Waals surface area (Å²) >= 11 is 5.71. The van der Waals surface area contributed by atoms with Crippen LogP contribution in [0.5, 0.6) is 0 Å². The molecule has 0 aliphatic carbocycles. The zero-order chi connectivity index (χ0) is 25.7. The van der Waals surface area contributed by atoms with Crippen LogP contribution in [0.25, 0.3) is 0 Å². The van der Waals surface area contributed by atoms with E-state index in [1.807, 2.05) is 5.32 Å². The van der Waals surface area contributed by atoms with Crippen LogP contribution in [-0.4, -0.2) is 58.1 Å². The molecule has 172 valence electrons. The molecule has 0 saturated carbocycles. The number of hydrogen-bond donors (Lipinski definition) is 2. The monoisotopic (exact) mass is 491 g/mol. The summed E-state index contributed by atoms with van der Waals surface area (Å²) in [5.41, 5.74) is -0.376. The second-order valence-corrected chi connectivity index (χ2v) is 8.69. The Morgan fingerprint density at radius 1 is 1.20 bits per heavy atom. The predicted molar refractivity (Wildman–Crippen MR) is 125 cm³/mol. The van der Waals surface area contributed by atoms with Gasteiger partial charge in [0.1, 0.15) is 29.6 Å². The Labute approximate surface area is 208 Å². The number of hydrogen-bond acceptors (Lipinski definition) is 4. The first-order valence-electron chi connectivity index (χ1n) is 10.5. The summed E-state index contributed by atoms with van der Waals surface area (Å²) in [5.74, 6) is -8.70. The number of benzene rings is 2. The largest absolute Gasteiger partial charge is 0.352 e. The van der Waals surface area contributed by atoms with Crippen molar-refractivity contribution in [3.8, 4) is 0 Å². The highest BCUT2D eigenvalue weighted by atomic mass is 35.5. The number of nitrogens with zero attached hydrogens (tertiary/aromatic N) is 1. The third-order valence-electron chi connectivity index (χ3n) is 6.05. The van der Waals surface area contributed by atoms with Crippen molar-refractivity contribution in [2.75, 3.05) is 0 Å². The second kappa shape index (κ2) is 9.15. The molecule has 2 aromatic carbocycles. The average Bonchev–Trinajstić information content (AvgIpc) is 3.10. The van der Waals surface area contributed by atoms with Gasteiger partial charge in [-0.3, -0.25) is 24.5 Å². The van der Waals surface area contributed by atoms with E-state index in [2.05, 4.69) is 5.32 Å². The maximum atomic E-state index is 14.7. The Bertz CT molecular complexity index is 1260. The zero-order valence-electron chi connectivity index (χ0n) is 18.1. The number of imide groups is 1. The first-order valence-corrected chi connectivity index (χ1v) is 10.9. The van der Waals surface area contributed by atoms with E-state index in [-0.39, 0.29) is 52.0 Å². The molecule has 6 radical (unpaired) electrons. The number of nitrogens with one attached hydrogen (secondary N) is 2. The first-order chi connectivity index (χ1) is 16.4. The predicted octanol–water partition coefficient (Wildman–Crippen LogP) is -0.236. The highest BCUT2D eigenvalue weighted by Crippen LogP contribution is 2.31. The number of carbonyl (C=O) groups is 4. The fourth-order valence-electron chi connectivity index (χ4n) is 4.21. The minimum absolute atomic E-state index is 0.0399. The van der Waals surface area contributed by atoms with Crippen molar-refractivity contribution in [2.45, 2.75) is 37.3 Å². The van der Waals surface area contributed by atoms with Gasteiger partial charge in [-0.25, -0.2) is 0 Å². The summed E-state index contributed by atoms with van der Waals surface area (Å²) in [5, 5.41) is 4.43. The summed E-state index contributed by atoms with van der Waals surface area (Å²) in [4.78, 5) is 50.2. The van der Waals surface area contributed by atoms with Crippen molar-refractivity contribution >= 4 is 69.7 Å². The number of halogens is 3. The van der Waals surface area contributed by atoms with Crippen LogP contribution in [0.15, 0.2) is 30.3 Å². The summed E-state index contributed by atoms with van der Waals surface area (Å²) in [6.45, 7) is -0.0822. The molecule has 13 heteroatoms. The van der Waals surface area contributed by atoms with Crippen LogP contribution in [0.3, 0.4) is 0 Å².